The molecule has 24 heteroatoms. The van der Waals surface area contributed by atoms with Crippen LogP contribution in [0, 0.1) is 13.8 Å². The van der Waals surface area contributed by atoms with Crippen LogP contribution in [0.25, 0.3) is 0 Å². The molecule has 8 amide bonds. The van der Waals surface area contributed by atoms with E-state index in [1.165, 1.54) is 0 Å². The summed E-state index contributed by atoms with van der Waals surface area (Å²) in [5.41, 5.74) is 2.02. The Bertz CT molecular complexity index is 2370. The van der Waals surface area contributed by atoms with Gasteiger partial charge in [-0.25, -0.2) is 14.4 Å². The van der Waals surface area contributed by atoms with E-state index >= 15 is 0 Å². The van der Waals surface area contributed by atoms with Crippen LogP contribution in [-0.4, -0.2) is 143 Å². The van der Waals surface area contributed by atoms with E-state index in [1.807, 2.05) is 11.8 Å². The molecule has 0 saturated carbocycles. The average Bonchev–Trinajstić information content (AvgIpc) is 4.08. The summed E-state index contributed by atoms with van der Waals surface area (Å²) in [7, 11) is 0. The van der Waals surface area contributed by atoms with Crippen molar-refractivity contribution in [2.45, 2.75) is 171 Å². The van der Waals surface area contributed by atoms with E-state index < -0.39 is 85.6 Å². The zero-order valence-electron chi connectivity index (χ0n) is 45.2. The Morgan fingerprint density at radius 3 is 1.75 bits per heavy atom. The van der Waals surface area contributed by atoms with Gasteiger partial charge in [-0.15, -0.1) is 0 Å². The second-order valence-electron chi connectivity index (χ2n) is 19.8. The third-order valence-corrected chi connectivity index (χ3v) is 14.9. The van der Waals surface area contributed by atoms with Gasteiger partial charge in [-0.05, 0) is 94.7 Å². The Labute approximate surface area is 464 Å². The number of thioether (sulfide) groups is 1. The molecule has 2 aliphatic rings. The first kappa shape index (κ1) is 64.3. The molecule has 23 nitrogen and oxygen atoms in total. The molecule has 0 aliphatic carbocycles. The number of Topliss-reactive ketones (excluding diaryl/α,β-unsaturated/α-hetero) is 1. The van der Waals surface area contributed by atoms with Gasteiger partial charge in [-0.1, -0.05) is 67.8 Å². The van der Waals surface area contributed by atoms with Crippen LogP contribution < -0.4 is 42.5 Å². The number of rotatable bonds is 38. The van der Waals surface area contributed by atoms with E-state index in [0.29, 0.717) is 80.0 Å². The lowest BCUT2D eigenvalue weighted by Gasteiger charge is -2.25. The number of hydrogen-bond acceptors (Lipinski definition) is 14. The van der Waals surface area contributed by atoms with Crippen LogP contribution in [0.5, 0.6) is 0 Å². The summed E-state index contributed by atoms with van der Waals surface area (Å²) in [5, 5.41) is 41.2. The lowest BCUT2D eigenvalue weighted by Crippen LogP contribution is -2.56. The third-order valence-electron chi connectivity index (χ3n) is 13.3. The predicted molar refractivity (Wildman–Crippen MR) is 292 cm³/mol. The van der Waals surface area contributed by atoms with Crippen LogP contribution in [0.2, 0.25) is 0 Å². The molecular weight excluding hydrogens is 1040 g/mol. The number of amides is 8. The highest BCUT2D eigenvalue weighted by Gasteiger charge is 2.42. The highest BCUT2D eigenvalue weighted by atomic mass is 32.2. The maximum Gasteiger partial charge on any atom is 0.408 e. The monoisotopic (exact) mass is 1120 g/mol. The largest absolute Gasteiger partial charge is 0.481 e. The van der Waals surface area contributed by atoms with Crippen molar-refractivity contribution in [2.24, 2.45) is 0 Å². The number of ketones is 1. The first-order chi connectivity index (χ1) is 37.9. The summed E-state index contributed by atoms with van der Waals surface area (Å²) in [6.07, 6.45) is 5.44. The number of nitrogens with one attached hydrogen (secondary N) is 8. The minimum absolute atomic E-state index is 0.0211. The first-order valence-electron chi connectivity index (χ1n) is 27.2. The summed E-state index contributed by atoms with van der Waals surface area (Å²) >= 11 is 1.87. The second-order valence-corrected chi connectivity index (χ2v) is 21.0. The van der Waals surface area contributed by atoms with E-state index in [-0.39, 0.29) is 73.8 Å². The zero-order valence-corrected chi connectivity index (χ0v) is 46.0. The Morgan fingerprint density at radius 2 is 1.16 bits per heavy atom. The van der Waals surface area contributed by atoms with Crippen LogP contribution in [0.4, 0.5) is 9.59 Å². The average molecular weight is 1120 g/mol. The number of benzene rings is 2. The van der Waals surface area contributed by atoms with E-state index in [0.717, 1.165) is 37.9 Å². The second kappa shape index (κ2) is 35.3. The number of carboxylic acids is 2. The molecule has 2 aromatic carbocycles. The number of urea groups is 1. The summed E-state index contributed by atoms with van der Waals surface area (Å²) in [6.45, 7) is 3.51. The van der Waals surface area contributed by atoms with Crippen molar-refractivity contribution in [2.75, 3.05) is 32.0 Å². The number of unbranched alkanes of at least 4 members (excludes halogenated alkanes) is 6. The fraction of sp³-hybridized carbons (Fsp3) is 0.582. The molecule has 0 unspecified atom stereocenters. The van der Waals surface area contributed by atoms with E-state index in [9.17, 15) is 63.0 Å². The van der Waals surface area contributed by atoms with Crippen molar-refractivity contribution < 1.29 is 72.4 Å². The van der Waals surface area contributed by atoms with Crippen molar-refractivity contribution in [3.63, 3.8) is 0 Å². The molecule has 79 heavy (non-hydrogen) atoms. The smallest absolute Gasteiger partial charge is 0.408 e. The Kier molecular flexibility index (Phi) is 28.7. The number of carbonyl (C=O) groups excluding carboxylic acids is 9. The molecule has 2 aromatic rings. The fourth-order valence-electron chi connectivity index (χ4n) is 8.99. The van der Waals surface area contributed by atoms with Crippen molar-refractivity contribution in [3.8, 4) is 0 Å². The minimum Gasteiger partial charge on any atom is -0.481 e. The van der Waals surface area contributed by atoms with Gasteiger partial charge in [0.1, 0.15) is 24.7 Å². The summed E-state index contributed by atoms with van der Waals surface area (Å²) in [4.78, 5) is 139. The SMILES string of the molecule is Cc1cccc(C)c1C(=O)OCC(=O)[C@H](CC(=O)O)NC(=O)[C@H](CCCCNC(=O)CCCCCNC(=O)CCCCCNC(=O)CCCC[C@@H]1SC[C@@H]2NC(=O)N[C@@H]21)NC(=O)[C@H](CCC(=O)O)NC(=O)OCc1ccccc1. The van der Waals surface area contributed by atoms with Gasteiger partial charge in [0.2, 0.25) is 29.5 Å². The normalized spacial score (nSPS) is 16.3. The van der Waals surface area contributed by atoms with Gasteiger partial charge in [-0.3, -0.25) is 38.4 Å². The molecule has 6 atom stereocenters. The van der Waals surface area contributed by atoms with Gasteiger partial charge in [0.25, 0.3) is 0 Å². The molecule has 434 valence electrons. The topological polar surface area (TPSA) is 343 Å². The Hall–Kier alpha value is -7.24. The zero-order chi connectivity index (χ0) is 57.5. The predicted octanol–water partition coefficient (Wildman–Crippen LogP) is 4.00. The number of carbonyl (C=O) groups is 11. The Morgan fingerprint density at radius 1 is 0.608 bits per heavy atom. The van der Waals surface area contributed by atoms with Gasteiger partial charge in [0.05, 0.1) is 24.1 Å². The van der Waals surface area contributed by atoms with Gasteiger partial charge in [0.15, 0.2) is 12.4 Å². The van der Waals surface area contributed by atoms with Crippen molar-refractivity contribution in [1.82, 2.24) is 42.5 Å². The van der Waals surface area contributed by atoms with Crippen LogP contribution in [0.15, 0.2) is 48.5 Å². The molecule has 4 rings (SSSR count). The molecular formula is C55H78N8O15S. The molecule has 10 N–H and O–H groups in total. The molecule has 2 saturated heterocycles. The van der Waals surface area contributed by atoms with Crippen LogP contribution in [-0.2, 0) is 54.4 Å². The number of ether oxygens (including phenoxy) is 2. The number of carboxylic acid groups (broad SMARTS) is 2. The van der Waals surface area contributed by atoms with Crippen LogP contribution >= 0.6 is 11.8 Å². The molecule has 2 aliphatic heterocycles. The highest BCUT2D eigenvalue weighted by Crippen LogP contribution is 2.33. The summed E-state index contributed by atoms with van der Waals surface area (Å²) < 4.78 is 10.5. The molecule has 2 heterocycles. The highest BCUT2D eigenvalue weighted by molar-refractivity contribution is 8.00. The third kappa shape index (κ3) is 25.0. The minimum atomic E-state index is -1.71. The quantitative estimate of drug-likeness (QED) is 0.0258. The van der Waals surface area contributed by atoms with Crippen molar-refractivity contribution >= 4 is 77.1 Å². The fourth-order valence-corrected chi connectivity index (χ4v) is 10.5. The maximum atomic E-state index is 13.9. The van der Waals surface area contributed by atoms with Crippen molar-refractivity contribution in [1.29, 1.82) is 0 Å². The van der Waals surface area contributed by atoms with Crippen molar-refractivity contribution in [3.05, 3.63) is 70.8 Å². The van der Waals surface area contributed by atoms with E-state index in [4.69, 9.17) is 9.47 Å². The maximum absolute atomic E-state index is 13.9. The number of alkyl carbamates (subject to hydrolysis) is 1. The number of esters is 1. The number of hydrogen-bond donors (Lipinski definition) is 10. The molecule has 0 bridgehead atoms. The Balaban J connectivity index is 1.16. The van der Waals surface area contributed by atoms with Gasteiger partial charge >= 0.3 is 30.0 Å². The summed E-state index contributed by atoms with van der Waals surface area (Å²) in [5.74, 6) is -5.84. The molecule has 0 radical (unpaired) electrons. The first-order valence-corrected chi connectivity index (χ1v) is 28.2. The van der Waals surface area contributed by atoms with Gasteiger partial charge < -0.3 is 62.2 Å². The number of aryl methyl sites for hydroxylation is 2. The summed E-state index contributed by atoms with van der Waals surface area (Å²) in [6, 6.07) is 9.31. The van der Waals surface area contributed by atoms with E-state index in [2.05, 4.69) is 42.5 Å². The van der Waals surface area contributed by atoms with Crippen LogP contribution in [0.3, 0.4) is 0 Å². The standard InChI is InChI=1S/C55H78N8O15S/c1-35-17-16-18-36(2)49(35)53(74)77-33-42(64)40(31-48(70)71)60-51(72)38(59-52(73)39(26-27-47(68)69)62-55(76)78-32-37-19-6-3-7-20-37)21-12-15-30-58-45(66)24-9-5-13-28-56-44(65)23-8-4-14-29-57-46(67)25-11-10-22-43-50-41(34-79-43)61-54(75)63-50/h3,6-7,16-20,38-41,43,50H,4-5,8-15,21-34H2,1-2H3,(H,56,65)(H,57,67)(H,58,66)(H,59,73)(H,60,72)(H,62,76)(H,68,69)(H,70,71)(H2,61,63,75)/t38-,39-,40-,41-,43-,50-/m0/s1. The molecule has 0 spiro atoms. The van der Waals surface area contributed by atoms with Crippen LogP contribution in [0.1, 0.15) is 143 Å². The lowest BCUT2D eigenvalue weighted by molar-refractivity contribution is -0.141. The van der Waals surface area contributed by atoms with E-state index in [1.54, 1.807) is 62.4 Å². The van der Waals surface area contributed by atoms with Gasteiger partial charge in [-0.2, -0.15) is 11.8 Å². The lowest BCUT2D eigenvalue weighted by atomic mass is 10.0. The van der Waals surface area contributed by atoms with Gasteiger partial charge in [0, 0.05) is 56.3 Å². The number of aliphatic carboxylic acids is 2. The molecule has 0 aromatic heterocycles. The number of fused-ring (bicyclic) bond motifs is 1. The molecule has 2 fully saturated rings.